The van der Waals surface area contributed by atoms with Crippen LogP contribution in [0, 0.1) is 0 Å². The monoisotopic (exact) mass is 359 g/mol. The fourth-order valence-corrected chi connectivity index (χ4v) is 4.03. The molecule has 3 amide bonds. The third kappa shape index (κ3) is 3.06. The van der Waals surface area contributed by atoms with E-state index in [1.165, 1.54) is 6.42 Å². The van der Waals surface area contributed by atoms with E-state index in [9.17, 15) is 9.59 Å². The molecule has 0 N–H and O–H groups in total. The molecule has 3 aliphatic rings. The summed E-state index contributed by atoms with van der Waals surface area (Å²) in [5, 5.41) is 0. The van der Waals surface area contributed by atoms with E-state index in [1.807, 2.05) is 23.1 Å². The van der Waals surface area contributed by atoms with Crippen LogP contribution in [0.2, 0.25) is 0 Å². The number of carbonyl (C=O) groups excluding carboxylic acids is 2. The summed E-state index contributed by atoms with van der Waals surface area (Å²) in [6.07, 6.45) is 4.28. The van der Waals surface area contributed by atoms with Crippen LogP contribution >= 0.6 is 0 Å². The molecular formula is C19H25N3O4. The Morgan fingerprint density at radius 1 is 1.15 bits per heavy atom. The third-order valence-corrected chi connectivity index (χ3v) is 5.51. The molecule has 26 heavy (non-hydrogen) atoms. The first-order chi connectivity index (χ1) is 12.7. The molecule has 7 heteroatoms. The molecule has 3 aliphatic heterocycles. The van der Waals surface area contributed by atoms with Crippen LogP contribution in [0.1, 0.15) is 32.6 Å². The lowest BCUT2D eigenvalue weighted by Crippen LogP contribution is -2.48. The average Bonchev–Trinajstić information content (AvgIpc) is 3.28. The summed E-state index contributed by atoms with van der Waals surface area (Å²) in [6.45, 7) is 4.44. The number of anilines is 1. The second-order valence-electron chi connectivity index (χ2n) is 7.04. The van der Waals surface area contributed by atoms with E-state index in [-0.39, 0.29) is 25.3 Å². The molecule has 0 spiro atoms. The van der Waals surface area contributed by atoms with Gasteiger partial charge in [-0.15, -0.1) is 0 Å². The van der Waals surface area contributed by atoms with Crippen molar-refractivity contribution in [1.82, 2.24) is 9.80 Å². The van der Waals surface area contributed by atoms with Crippen molar-refractivity contribution in [3.05, 3.63) is 18.2 Å². The van der Waals surface area contributed by atoms with Crippen LogP contribution in [-0.2, 0) is 4.79 Å². The van der Waals surface area contributed by atoms with Gasteiger partial charge in [0.2, 0.25) is 12.7 Å². The van der Waals surface area contributed by atoms with Gasteiger partial charge in [-0.2, -0.15) is 0 Å². The van der Waals surface area contributed by atoms with E-state index in [2.05, 4.69) is 6.92 Å². The van der Waals surface area contributed by atoms with Gasteiger partial charge in [-0.25, -0.2) is 4.79 Å². The molecule has 0 aliphatic carbocycles. The Labute approximate surface area is 153 Å². The van der Waals surface area contributed by atoms with Crippen molar-refractivity contribution >= 4 is 17.6 Å². The molecule has 140 valence electrons. The van der Waals surface area contributed by atoms with Gasteiger partial charge in [0.05, 0.1) is 0 Å². The second-order valence-corrected chi connectivity index (χ2v) is 7.04. The summed E-state index contributed by atoms with van der Waals surface area (Å²) in [5.74, 6) is 1.42. The number of hydrogen-bond donors (Lipinski definition) is 0. The highest BCUT2D eigenvalue weighted by Crippen LogP contribution is 2.36. The molecule has 7 nitrogen and oxygen atoms in total. The van der Waals surface area contributed by atoms with Crippen molar-refractivity contribution in [2.75, 3.05) is 37.9 Å². The molecular weight excluding hydrogens is 334 g/mol. The zero-order chi connectivity index (χ0) is 18.1. The molecule has 1 aromatic carbocycles. The number of ether oxygens (including phenoxy) is 2. The summed E-state index contributed by atoms with van der Waals surface area (Å²) in [6, 6.07) is 5.69. The van der Waals surface area contributed by atoms with Crippen LogP contribution in [0.15, 0.2) is 18.2 Å². The average molecular weight is 359 g/mol. The standard InChI is InChI=1S/C19H25N3O4/c1-2-14-5-3-4-8-21(14)18(23)12-20-9-10-22(19(20)24)15-6-7-16-17(11-15)26-13-25-16/h6-7,11,14H,2-5,8-10,12-13H2,1H3. The van der Waals surface area contributed by atoms with Gasteiger partial charge in [-0.1, -0.05) is 6.92 Å². The molecule has 0 saturated carbocycles. The number of benzene rings is 1. The molecule has 0 bridgehead atoms. The van der Waals surface area contributed by atoms with Crippen LogP contribution in [0.25, 0.3) is 0 Å². The minimum atomic E-state index is -0.123. The zero-order valence-corrected chi connectivity index (χ0v) is 15.1. The van der Waals surface area contributed by atoms with Crippen LogP contribution in [-0.4, -0.2) is 60.8 Å². The number of urea groups is 1. The van der Waals surface area contributed by atoms with Gasteiger partial charge >= 0.3 is 6.03 Å². The van der Waals surface area contributed by atoms with Crippen molar-refractivity contribution < 1.29 is 19.1 Å². The number of rotatable bonds is 4. The summed E-state index contributed by atoms with van der Waals surface area (Å²) >= 11 is 0. The Balaban J connectivity index is 1.42. The number of carbonyl (C=O) groups is 2. The lowest BCUT2D eigenvalue weighted by molar-refractivity contribution is -0.135. The number of amides is 3. The van der Waals surface area contributed by atoms with Crippen molar-refractivity contribution in [3.63, 3.8) is 0 Å². The molecule has 1 aromatic rings. The minimum Gasteiger partial charge on any atom is -0.454 e. The summed E-state index contributed by atoms with van der Waals surface area (Å²) in [5.41, 5.74) is 0.776. The Morgan fingerprint density at radius 2 is 2.00 bits per heavy atom. The number of likely N-dealkylation sites (tertiary alicyclic amines) is 1. The van der Waals surface area contributed by atoms with Crippen LogP contribution < -0.4 is 14.4 Å². The van der Waals surface area contributed by atoms with Gasteiger partial charge in [0, 0.05) is 37.4 Å². The van der Waals surface area contributed by atoms with Gasteiger partial charge in [-0.3, -0.25) is 9.69 Å². The lowest BCUT2D eigenvalue weighted by Gasteiger charge is -2.36. The maximum Gasteiger partial charge on any atom is 0.325 e. The first kappa shape index (κ1) is 17.0. The smallest absolute Gasteiger partial charge is 0.325 e. The number of nitrogens with zero attached hydrogens (tertiary/aromatic N) is 3. The van der Waals surface area contributed by atoms with Gasteiger partial charge in [0.15, 0.2) is 11.5 Å². The molecule has 2 saturated heterocycles. The fourth-order valence-electron chi connectivity index (χ4n) is 4.03. The van der Waals surface area contributed by atoms with E-state index in [0.29, 0.717) is 30.6 Å². The first-order valence-electron chi connectivity index (χ1n) is 9.43. The van der Waals surface area contributed by atoms with Crippen LogP contribution in [0.3, 0.4) is 0 Å². The normalized spacial score (nSPS) is 22.3. The zero-order valence-electron chi connectivity index (χ0n) is 15.1. The van der Waals surface area contributed by atoms with Gasteiger partial charge in [0.25, 0.3) is 0 Å². The quantitative estimate of drug-likeness (QED) is 0.828. The highest BCUT2D eigenvalue weighted by atomic mass is 16.7. The molecule has 2 fully saturated rings. The first-order valence-corrected chi connectivity index (χ1v) is 9.43. The fraction of sp³-hybridized carbons (Fsp3) is 0.579. The van der Waals surface area contributed by atoms with E-state index in [4.69, 9.17) is 9.47 Å². The van der Waals surface area contributed by atoms with E-state index >= 15 is 0 Å². The van der Waals surface area contributed by atoms with Gasteiger partial charge < -0.3 is 19.3 Å². The minimum absolute atomic E-state index is 0.0671. The maximum atomic E-state index is 12.8. The van der Waals surface area contributed by atoms with E-state index < -0.39 is 0 Å². The molecule has 0 radical (unpaired) electrons. The Morgan fingerprint density at radius 3 is 2.85 bits per heavy atom. The predicted molar refractivity (Wildman–Crippen MR) is 96.5 cm³/mol. The summed E-state index contributed by atoms with van der Waals surface area (Å²) in [7, 11) is 0. The predicted octanol–water partition coefficient (Wildman–Crippen LogP) is 2.45. The number of hydrogen-bond acceptors (Lipinski definition) is 4. The van der Waals surface area contributed by atoms with E-state index in [1.54, 1.807) is 9.80 Å². The molecule has 1 unspecified atom stereocenters. The molecule has 0 aromatic heterocycles. The largest absolute Gasteiger partial charge is 0.454 e. The Bertz CT molecular complexity index is 708. The van der Waals surface area contributed by atoms with Crippen LogP contribution in [0.5, 0.6) is 11.5 Å². The third-order valence-electron chi connectivity index (χ3n) is 5.51. The number of piperidine rings is 1. The van der Waals surface area contributed by atoms with Crippen molar-refractivity contribution in [2.24, 2.45) is 0 Å². The van der Waals surface area contributed by atoms with Gasteiger partial charge in [-0.05, 0) is 37.8 Å². The number of fused-ring (bicyclic) bond motifs is 1. The summed E-state index contributed by atoms with van der Waals surface area (Å²) < 4.78 is 10.7. The van der Waals surface area contributed by atoms with Crippen LogP contribution in [0.4, 0.5) is 10.5 Å². The highest BCUT2D eigenvalue weighted by Gasteiger charge is 2.34. The highest BCUT2D eigenvalue weighted by molar-refractivity contribution is 5.96. The SMILES string of the molecule is CCC1CCCCN1C(=O)CN1CCN(c2ccc3c(c2)OCO3)C1=O. The van der Waals surface area contributed by atoms with Crippen molar-refractivity contribution in [1.29, 1.82) is 0 Å². The van der Waals surface area contributed by atoms with Crippen molar-refractivity contribution in [3.8, 4) is 11.5 Å². The lowest BCUT2D eigenvalue weighted by atomic mass is 10.00. The topological polar surface area (TPSA) is 62.3 Å². The maximum absolute atomic E-state index is 12.8. The second kappa shape index (κ2) is 7.05. The molecule has 4 rings (SSSR count). The molecule has 3 heterocycles. The Kier molecular flexibility index (Phi) is 4.61. The van der Waals surface area contributed by atoms with E-state index in [0.717, 1.165) is 31.5 Å². The summed E-state index contributed by atoms with van der Waals surface area (Å²) in [4.78, 5) is 30.8. The van der Waals surface area contributed by atoms with Gasteiger partial charge in [0.1, 0.15) is 6.54 Å². The Hall–Kier alpha value is -2.44. The van der Waals surface area contributed by atoms with Crippen molar-refractivity contribution in [2.45, 2.75) is 38.6 Å². The molecule has 1 atom stereocenters.